The minimum Gasteiger partial charge on any atom is -0.478 e. The second-order valence-electron chi connectivity index (χ2n) is 1.64. The fourth-order valence-corrected chi connectivity index (χ4v) is 4.37. The van der Waals surface area contributed by atoms with Crippen molar-refractivity contribution < 1.29 is 9.90 Å². The number of carbonyl (C=O) groups is 1. The third-order valence-corrected chi connectivity index (χ3v) is 5.10. The average Bonchev–Trinajstić information content (AvgIpc) is 2.07. The van der Waals surface area contributed by atoms with Gasteiger partial charge in [-0.25, -0.2) is 4.79 Å². The molecule has 0 aliphatic heterocycles. The largest absolute Gasteiger partial charge is 0.478 e. The van der Waals surface area contributed by atoms with E-state index in [1.54, 1.807) is 0 Å². The molecule has 1 aromatic heterocycles. The first-order valence-corrected chi connectivity index (χ1v) is 5.60. The summed E-state index contributed by atoms with van der Waals surface area (Å²) in [5.41, 5.74) is 0.266. The summed E-state index contributed by atoms with van der Waals surface area (Å²) in [5.74, 6) is -0.939. The van der Waals surface area contributed by atoms with Gasteiger partial charge in [0.1, 0.15) is 0 Å². The van der Waals surface area contributed by atoms with E-state index in [1.807, 2.05) is 0 Å². The lowest BCUT2D eigenvalue weighted by molar-refractivity contribution is 0.0695. The molecular weight excluding hydrogens is 364 g/mol. The van der Waals surface area contributed by atoms with Crippen LogP contribution in [0.4, 0.5) is 0 Å². The van der Waals surface area contributed by atoms with E-state index < -0.39 is 5.97 Å². The molecule has 0 aliphatic rings. The van der Waals surface area contributed by atoms with Crippen molar-refractivity contribution in [1.29, 1.82) is 0 Å². The molecular formula is C5HBr3O2S. The van der Waals surface area contributed by atoms with E-state index in [9.17, 15) is 4.79 Å². The van der Waals surface area contributed by atoms with Crippen molar-refractivity contribution in [3.05, 3.63) is 17.6 Å². The topological polar surface area (TPSA) is 37.3 Å². The quantitative estimate of drug-likeness (QED) is 0.824. The average molecular weight is 365 g/mol. The van der Waals surface area contributed by atoms with E-state index in [-0.39, 0.29) is 5.56 Å². The first-order chi connectivity index (χ1) is 5.04. The van der Waals surface area contributed by atoms with Crippen molar-refractivity contribution in [3.63, 3.8) is 0 Å². The standard InChI is InChI=1S/C5HBr3O2S/c6-2-1(5(9)10)3(7)11-4(2)8/h(H,9,10). The summed E-state index contributed by atoms with van der Waals surface area (Å²) in [6.07, 6.45) is 0. The Morgan fingerprint density at radius 1 is 1.27 bits per heavy atom. The molecule has 0 fully saturated rings. The van der Waals surface area contributed by atoms with Crippen molar-refractivity contribution in [2.24, 2.45) is 0 Å². The van der Waals surface area contributed by atoms with E-state index in [2.05, 4.69) is 47.8 Å². The van der Waals surface area contributed by atoms with Crippen molar-refractivity contribution in [2.75, 3.05) is 0 Å². The van der Waals surface area contributed by atoms with Gasteiger partial charge in [0, 0.05) is 0 Å². The summed E-state index contributed by atoms with van der Waals surface area (Å²) < 4.78 is 1.98. The molecule has 0 amide bonds. The Morgan fingerprint density at radius 2 is 1.82 bits per heavy atom. The molecule has 1 rings (SSSR count). The lowest BCUT2D eigenvalue weighted by atomic mass is 10.4. The number of rotatable bonds is 1. The van der Waals surface area contributed by atoms with Crippen LogP contribution in [0, 0.1) is 0 Å². The molecule has 0 radical (unpaired) electrons. The molecule has 60 valence electrons. The van der Waals surface area contributed by atoms with E-state index >= 15 is 0 Å². The maximum Gasteiger partial charge on any atom is 0.338 e. The SMILES string of the molecule is O=C(O)c1c(Br)sc(Br)c1Br. The summed E-state index contributed by atoms with van der Waals surface area (Å²) in [4.78, 5) is 10.6. The van der Waals surface area contributed by atoms with Crippen LogP contribution in [0.25, 0.3) is 0 Å². The number of aromatic carboxylic acids is 1. The molecule has 0 atom stereocenters. The van der Waals surface area contributed by atoms with Gasteiger partial charge < -0.3 is 5.11 Å². The second-order valence-corrected chi connectivity index (χ2v) is 6.09. The van der Waals surface area contributed by atoms with Gasteiger partial charge in [0.2, 0.25) is 0 Å². The van der Waals surface area contributed by atoms with Gasteiger partial charge >= 0.3 is 5.97 Å². The fourth-order valence-electron chi connectivity index (χ4n) is 0.537. The minimum atomic E-state index is -0.939. The fraction of sp³-hybridized carbons (Fsp3) is 0. The lowest BCUT2D eigenvalue weighted by Gasteiger charge is -1.89. The summed E-state index contributed by atoms with van der Waals surface area (Å²) >= 11 is 10.8. The molecule has 1 aromatic rings. The smallest absolute Gasteiger partial charge is 0.338 e. The van der Waals surface area contributed by atoms with Crippen LogP contribution in [0.2, 0.25) is 0 Å². The molecule has 0 unspecified atom stereocenters. The van der Waals surface area contributed by atoms with Crippen molar-refractivity contribution in [3.8, 4) is 0 Å². The van der Waals surface area contributed by atoms with Gasteiger partial charge in [0.25, 0.3) is 0 Å². The number of hydrogen-bond acceptors (Lipinski definition) is 2. The highest BCUT2D eigenvalue weighted by molar-refractivity contribution is 9.14. The van der Waals surface area contributed by atoms with Gasteiger partial charge in [-0.2, -0.15) is 0 Å². The van der Waals surface area contributed by atoms with Gasteiger partial charge in [-0.05, 0) is 47.8 Å². The van der Waals surface area contributed by atoms with Crippen LogP contribution in [0.3, 0.4) is 0 Å². The lowest BCUT2D eigenvalue weighted by Crippen LogP contribution is -1.94. The molecule has 0 aromatic carbocycles. The molecule has 0 spiro atoms. The Labute approximate surface area is 92.0 Å². The third kappa shape index (κ3) is 1.85. The molecule has 1 N–H and O–H groups in total. The zero-order valence-corrected chi connectivity index (χ0v) is 10.5. The van der Waals surface area contributed by atoms with E-state index in [0.717, 1.165) is 3.79 Å². The highest BCUT2D eigenvalue weighted by Gasteiger charge is 2.18. The molecule has 0 saturated carbocycles. The summed E-state index contributed by atoms with van der Waals surface area (Å²) in [5, 5.41) is 8.69. The van der Waals surface area contributed by atoms with Crippen molar-refractivity contribution in [1.82, 2.24) is 0 Å². The Morgan fingerprint density at radius 3 is 2.00 bits per heavy atom. The summed E-state index contributed by atoms with van der Waals surface area (Å²) in [7, 11) is 0. The van der Waals surface area contributed by atoms with Crippen LogP contribution in [-0.4, -0.2) is 11.1 Å². The van der Waals surface area contributed by atoms with Gasteiger partial charge in [-0.3, -0.25) is 0 Å². The first kappa shape index (κ1) is 9.70. The Balaban J connectivity index is 3.34. The molecule has 0 bridgehead atoms. The van der Waals surface area contributed by atoms with Crippen molar-refractivity contribution in [2.45, 2.75) is 0 Å². The summed E-state index contributed by atoms with van der Waals surface area (Å²) in [6, 6.07) is 0. The van der Waals surface area contributed by atoms with Crippen LogP contribution in [-0.2, 0) is 0 Å². The number of halogens is 3. The number of thiophene rings is 1. The normalized spacial score (nSPS) is 10.1. The first-order valence-electron chi connectivity index (χ1n) is 2.40. The Kier molecular flexibility index (Phi) is 3.13. The molecule has 0 aliphatic carbocycles. The molecule has 1 heterocycles. The molecule has 6 heteroatoms. The van der Waals surface area contributed by atoms with Gasteiger partial charge in [0.15, 0.2) is 0 Å². The Hall–Kier alpha value is 0.610. The van der Waals surface area contributed by atoms with Gasteiger partial charge in [-0.15, -0.1) is 11.3 Å². The van der Waals surface area contributed by atoms with E-state index in [1.165, 1.54) is 11.3 Å². The van der Waals surface area contributed by atoms with Gasteiger partial charge in [-0.1, -0.05) is 0 Å². The number of carboxylic acids is 1. The van der Waals surface area contributed by atoms with Gasteiger partial charge in [0.05, 0.1) is 17.6 Å². The van der Waals surface area contributed by atoms with E-state index in [4.69, 9.17) is 5.11 Å². The molecule has 2 nitrogen and oxygen atoms in total. The van der Waals surface area contributed by atoms with Crippen LogP contribution < -0.4 is 0 Å². The summed E-state index contributed by atoms with van der Waals surface area (Å²) in [6.45, 7) is 0. The van der Waals surface area contributed by atoms with Crippen molar-refractivity contribution >= 4 is 65.1 Å². The van der Waals surface area contributed by atoms with Crippen LogP contribution >= 0.6 is 59.1 Å². The zero-order valence-electron chi connectivity index (χ0n) is 4.90. The maximum absolute atomic E-state index is 10.6. The van der Waals surface area contributed by atoms with Crippen LogP contribution in [0.5, 0.6) is 0 Å². The predicted molar refractivity (Wildman–Crippen MR) is 54.4 cm³/mol. The zero-order chi connectivity index (χ0) is 8.59. The number of hydrogen-bond donors (Lipinski definition) is 1. The monoisotopic (exact) mass is 362 g/mol. The highest BCUT2D eigenvalue weighted by atomic mass is 79.9. The van der Waals surface area contributed by atoms with E-state index in [0.29, 0.717) is 8.26 Å². The second kappa shape index (κ2) is 3.55. The Bertz CT molecular complexity index is 307. The highest BCUT2D eigenvalue weighted by Crippen LogP contribution is 2.40. The predicted octanol–water partition coefficient (Wildman–Crippen LogP) is 3.73. The third-order valence-electron chi connectivity index (χ3n) is 0.982. The number of carboxylic acid groups (broad SMARTS) is 1. The minimum absolute atomic E-state index is 0.266. The van der Waals surface area contributed by atoms with Crippen LogP contribution in [0.1, 0.15) is 10.4 Å². The molecule has 0 saturated heterocycles. The van der Waals surface area contributed by atoms with Crippen LogP contribution in [0.15, 0.2) is 12.0 Å². The molecule has 11 heavy (non-hydrogen) atoms. The maximum atomic E-state index is 10.6.